The number of carboxylic acid groups (broad SMARTS) is 1. The topological polar surface area (TPSA) is 103 Å². The maximum absolute atomic E-state index is 11.0. The molecule has 0 aromatic carbocycles. The molecule has 1 saturated heterocycles. The van der Waals surface area contributed by atoms with Gasteiger partial charge >= 0.3 is 5.97 Å². The molecule has 1 spiro atoms. The molecule has 1 aromatic rings. The normalized spacial score (nSPS) is 26.1. The van der Waals surface area contributed by atoms with Crippen LogP contribution in [0.2, 0.25) is 0 Å². The number of nitrogens with zero attached hydrogens (tertiary/aromatic N) is 2. The number of carboxylic acids is 1. The number of aliphatic hydroxyl groups is 2. The molecule has 23 heavy (non-hydrogen) atoms. The fraction of sp³-hybridized carbons (Fsp3) is 0.625. The summed E-state index contributed by atoms with van der Waals surface area (Å²) in [4.78, 5) is 17.0. The maximum Gasteiger partial charge on any atom is 0.354 e. The van der Waals surface area contributed by atoms with Gasteiger partial charge in [0.2, 0.25) is 0 Å². The van der Waals surface area contributed by atoms with Crippen LogP contribution < -0.4 is 4.90 Å². The van der Waals surface area contributed by atoms with E-state index >= 15 is 0 Å². The SMILES string of the molecule is O=C(O)c1cc(N2CCC3(CC2)[C@@H](O)C[C@H]3OCCO)ccn1. The van der Waals surface area contributed by atoms with Crippen LogP contribution in [-0.2, 0) is 4.74 Å². The molecule has 2 heterocycles. The van der Waals surface area contributed by atoms with Crippen molar-refractivity contribution in [2.45, 2.75) is 31.5 Å². The molecule has 1 saturated carbocycles. The van der Waals surface area contributed by atoms with E-state index in [9.17, 15) is 9.90 Å². The third kappa shape index (κ3) is 2.91. The van der Waals surface area contributed by atoms with Crippen molar-refractivity contribution in [3.63, 3.8) is 0 Å². The van der Waals surface area contributed by atoms with Gasteiger partial charge < -0.3 is 25.0 Å². The van der Waals surface area contributed by atoms with Crippen LogP contribution in [0.5, 0.6) is 0 Å². The third-order valence-electron chi connectivity index (χ3n) is 5.17. The zero-order chi connectivity index (χ0) is 16.4. The molecular weight excluding hydrogens is 300 g/mol. The van der Waals surface area contributed by atoms with Crippen molar-refractivity contribution in [1.82, 2.24) is 4.98 Å². The Labute approximate surface area is 134 Å². The number of piperidine rings is 1. The van der Waals surface area contributed by atoms with E-state index in [1.54, 1.807) is 12.1 Å². The van der Waals surface area contributed by atoms with Crippen molar-refractivity contribution in [1.29, 1.82) is 0 Å². The van der Waals surface area contributed by atoms with Gasteiger partial charge in [-0.1, -0.05) is 0 Å². The second kappa shape index (κ2) is 6.43. The van der Waals surface area contributed by atoms with Gasteiger partial charge in [0.25, 0.3) is 0 Å². The van der Waals surface area contributed by atoms with Crippen molar-refractivity contribution < 1.29 is 24.9 Å². The van der Waals surface area contributed by atoms with Crippen LogP contribution in [0, 0.1) is 5.41 Å². The predicted octanol–water partition coefficient (Wildman–Crippen LogP) is 0.508. The number of carbonyl (C=O) groups is 1. The highest BCUT2D eigenvalue weighted by atomic mass is 16.5. The molecular formula is C16H22N2O5. The zero-order valence-corrected chi connectivity index (χ0v) is 12.9. The number of aromatic carboxylic acids is 1. The highest BCUT2D eigenvalue weighted by Crippen LogP contribution is 2.51. The minimum Gasteiger partial charge on any atom is -0.477 e. The minimum atomic E-state index is -1.03. The van der Waals surface area contributed by atoms with Crippen molar-refractivity contribution in [3.05, 3.63) is 24.0 Å². The van der Waals surface area contributed by atoms with Crippen molar-refractivity contribution >= 4 is 11.7 Å². The molecule has 1 aromatic heterocycles. The van der Waals surface area contributed by atoms with Crippen molar-refractivity contribution in [3.8, 4) is 0 Å². The summed E-state index contributed by atoms with van der Waals surface area (Å²) in [7, 11) is 0. The van der Waals surface area contributed by atoms with Crippen molar-refractivity contribution in [2.24, 2.45) is 5.41 Å². The van der Waals surface area contributed by atoms with Gasteiger partial charge in [0.05, 0.1) is 25.4 Å². The Hall–Kier alpha value is -1.70. The van der Waals surface area contributed by atoms with E-state index in [1.807, 2.05) is 0 Å². The van der Waals surface area contributed by atoms with Crippen LogP contribution >= 0.6 is 0 Å². The molecule has 0 unspecified atom stereocenters. The highest BCUT2D eigenvalue weighted by molar-refractivity contribution is 5.86. The van der Waals surface area contributed by atoms with Crippen LogP contribution in [0.25, 0.3) is 0 Å². The summed E-state index contributed by atoms with van der Waals surface area (Å²) >= 11 is 0. The first-order valence-corrected chi connectivity index (χ1v) is 7.91. The van der Waals surface area contributed by atoms with Gasteiger partial charge in [0, 0.05) is 36.8 Å². The Morgan fingerprint density at radius 3 is 2.78 bits per heavy atom. The lowest BCUT2D eigenvalue weighted by molar-refractivity contribution is -0.203. The number of ether oxygens (including phenoxy) is 1. The molecule has 0 radical (unpaired) electrons. The van der Waals surface area contributed by atoms with E-state index in [4.69, 9.17) is 14.9 Å². The lowest BCUT2D eigenvalue weighted by Gasteiger charge is -2.56. The molecule has 3 N–H and O–H groups in total. The number of rotatable bonds is 5. The fourth-order valence-electron chi connectivity index (χ4n) is 3.72. The number of hydrogen-bond donors (Lipinski definition) is 3. The quantitative estimate of drug-likeness (QED) is 0.725. The first-order chi connectivity index (χ1) is 11.1. The predicted molar refractivity (Wildman–Crippen MR) is 82.5 cm³/mol. The Kier molecular flexibility index (Phi) is 4.52. The molecule has 126 valence electrons. The maximum atomic E-state index is 11.0. The van der Waals surface area contributed by atoms with E-state index in [0.29, 0.717) is 13.0 Å². The number of pyridine rings is 1. The summed E-state index contributed by atoms with van der Waals surface area (Å²) in [6.45, 7) is 1.76. The van der Waals surface area contributed by atoms with Gasteiger partial charge in [0.15, 0.2) is 0 Å². The fourth-order valence-corrected chi connectivity index (χ4v) is 3.72. The summed E-state index contributed by atoms with van der Waals surface area (Å²) in [6.07, 6.45) is 3.34. The summed E-state index contributed by atoms with van der Waals surface area (Å²) in [5, 5.41) is 28.2. The highest BCUT2D eigenvalue weighted by Gasteiger charge is 2.56. The number of anilines is 1. The molecule has 2 aliphatic rings. The molecule has 0 amide bonds. The van der Waals surface area contributed by atoms with E-state index in [-0.39, 0.29) is 29.9 Å². The number of hydrogen-bond acceptors (Lipinski definition) is 6. The molecule has 0 bridgehead atoms. The summed E-state index contributed by atoms with van der Waals surface area (Å²) in [6, 6.07) is 3.39. The first-order valence-electron chi connectivity index (χ1n) is 7.91. The lowest BCUT2D eigenvalue weighted by Crippen LogP contribution is -2.62. The van der Waals surface area contributed by atoms with Gasteiger partial charge in [-0.25, -0.2) is 9.78 Å². The van der Waals surface area contributed by atoms with E-state index < -0.39 is 5.97 Å². The van der Waals surface area contributed by atoms with Gasteiger partial charge in [-0.3, -0.25) is 0 Å². The van der Waals surface area contributed by atoms with Crippen LogP contribution in [0.3, 0.4) is 0 Å². The number of aliphatic hydroxyl groups excluding tert-OH is 2. The van der Waals surface area contributed by atoms with Crippen LogP contribution in [0.4, 0.5) is 5.69 Å². The average Bonchev–Trinajstić information content (AvgIpc) is 2.58. The van der Waals surface area contributed by atoms with Gasteiger partial charge in [-0.05, 0) is 25.0 Å². The van der Waals surface area contributed by atoms with Crippen LogP contribution in [-0.4, -0.2) is 64.8 Å². The molecule has 7 nitrogen and oxygen atoms in total. The monoisotopic (exact) mass is 322 g/mol. The Morgan fingerprint density at radius 2 is 2.17 bits per heavy atom. The molecule has 1 aliphatic heterocycles. The largest absolute Gasteiger partial charge is 0.477 e. The summed E-state index contributed by atoms with van der Waals surface area (Å²) in [5.41, 5.74) is 0.651. The van der Waals surface area contributed by atoms with Crippen LogP contribution in [0.1, 0.15) is 29.8 Å². The average molecular weight is 322 g/mol. The lowest BCUT2D eigenvalue weighted by atomic mass is 9.58. The van der Waals surface area contributed by atoms with Gasteiger partial charge in [-0.2, -0.15) is 0 Å². The molecule has 2 atom stereocenters. The first kappa shape index (κ1) is 16.2. The van der Waals surface area contributed by atoms with E-state index in [2.05, 4.69) is 9.88 Å². The Balaban J connectivity index is 1.66. The molecule has 3 rings (SSSR count). The Morgan fingerprint density at radius 1 is 1.43 bits per heavy atom. The van der Waals surface area contributed by atoms with E-state index in [1.165, 1.54) is 6.20 Å². The Bertz CT molecular complexity index is 571. The number of aromatic nitrogens is 1. The molecule has 1 aliphatic carbocycles. The van der Waals surface area contributed by atoms with Gasteiger partial charge in [0.1, 0.15) is 5.69 Å². The van der Waals surface area contributed by atoms with Gasteiger partial charge in [-0.15, -0.1) is 0 Å². The standard InChI is InChI=1S/C16H22N2O5/c19-7-8-23-14-10-13(20)16(14)2-5-18(6-3-16)11-1-4-17-12(9-11)15(21)22/h1,4,9,13-14,19-20H,2-3,5-8,10H2,(H,21,22)/t13-,14+/m0/s1. The smallest absolute Gasteiger partial charge is 0.354 e. The van der Waals surface area contributed by atoms with Crippen LogP contribution in [0.15, 0.2) is 18.3 Å². The minimum absolute atomic E-state index is 0.00109. The third-order valence-corrected chi connectivity index (χ3v) is 5.17. The molecule has 7 heteroatoms. The van der Waals surface area contributed by atoms with E-state index in [0.717, 1.165) is 31.6 Å². The summed E-state index contributed by atoms with van der Waals surface area (Å²) < 4.78 is 5.67. The second-order valence-corrected chi connectivity index (χ2v) is 6.26. The summed E-state index contributed by atoms with van der Waals surface area (Å²) in [5.74, 6) is -1.03. The second-order valence-electron chi connectivity index (χ2n) is 6.26. The molecule has 2 fully saturated rings. The van der Waals surface area contributed by atoms with Crippen molar-refractivity contribution in [2.75, 3.05) is 31.2 Å². The zero-order valence-electron chi connectivity index (χ0n) is 12.9.